The monoisotopic (exact) mass is 334 g/mol. The number of carbonyl (C=O) groups excluding carboxylic acids is 1. The molecule has 1 aliphatic rings. The van der Waals surface area contributed by atoms with Gasteiger partial charge in [0.2, 0.25) is 0 Å². The van der Waals surface area contributed by atoms with E-state index in [1.165, 1.54) is 19.2 Å². The van der Waals surface area contributed by atoms with Crippen LogP contribution in [0.3, 0.4) is 0 Å². The van der Waals surface area contributed by atoms with Crippen molar-refractivity contribution < 1.29 is 4.79 Å². The van der Waals surface area contributed by atoms with Crippen LogP contribution in [-0.2, 0) is 0 Å². The number of nitrogens with one attached hydrogen (secondary N) is 2. The van der Waals surface area contributed by atoms with E-state index in [2.05, 4.69) is 26.0 Å². The smallest absolute Gasteiger partial charge is 0.270 e. The summed E-state index contributed by atoms with van der Waals surface area (Å²) < 4.78 is 0. The predicted octanol–water partition coefficient (Wildman–Crippen LogP) is 2.72. The number of H-pyrrole nitrogens is 2. The fourth-order valence-corrected chi connectivity index (χ4v) is 3.00. The van der Waals surface area contributed by atoms with Gasteiger partial charge < -0.3 is 14.9 Å². The summed E-state index contributed by atoms with van der Waals surface area (Å²) in [6.07, 6.45) is 7.80. The third-order valence-electron chi connectivity index (χ3n) is 4.50. The van der Waals surface area contributed by atoms with Crippen LogP contribution in [0.4, 0.5) is 0 Å². The van der Waals surface area contributed by atoms with Gasteiger partial charge in [-0.3, -0.25) is 4.79 Å². The topological polar surface area (TPSA) is 101 Å². The summed E-state index contributed by atoms with van der Waals surface area (Å²) in [5, 5.41) is 9.75. The number of nitrogens with zero attached hydrogens (tertiary/aromatic N) is 4. The van der Waals surface area contributed by atoms with Crippen molar-refractivity contribution >= 4 is 16.9 Å². The summed E-state index contributed by atoms with van der Waals surface area (Å²) >= 11 is 0. The third-order valence-corrected chi connectivity index (χ3v) is 4.50. The quantitative estimate of drug-likeness (QED) is 0.723. The molecule has 3 heterocycles. The second-order valence-electron chi connectivity index (χ2n) is 6.37. The largest absolute Gasteiger partial charge is 0.357 e. The molecule has 126 valence electrons. The van der Waals surface area contributed by atoms with E-state index in [1.54, 1.807) is 11.1 Å². The highest BCUT2D eigenvalue weighted by Gasteiger charge is 2.27. The molecule has 0 aromatic carbocycles. The first kappa shape index (κ1) is 15.4. The Morgan fingerprint density at radius 2 is 2.24 bits per heavy atom. The summed E-state index contributed by atoms with van der Waals surface area (Å²) in [7, 11) is 0. The molecule has 1 amide bonds. The Labute approximate surface area is 144 Å². The second kappa shape index (κ2) is 6.40. The van der Waals surface area contributed by atoms with Crippen LogP contribution in [0.25, 0.3) is 22.3 Å². The molecule has 1 fully saturated rings. The van der Waals surface area contributed by atoms with Gasteiger partial charge in [-0.05, 0) is 30.9 Å². The van der Waals surface area contributed by atoms with Gasteiger partial charge in [0.15, 0.2) is 0 Å². The number of hydrogen-bond donors (Lipinski definition) is 2. The van der Waals surface area contributed by atoms with E-state index in [-0.39, 0.29) is 5.91 Å². The number of aromatic amines is 2. The van der Waals surface area contributed by atoms with Gasteiger partial charge >= 0.3 is 0 Å². The van der Waals surface area contributed by atoms with Crippen LogP contribution in [0.2, 0.25) is 0 Å². The van der Waals surface area contributed by atoms with Crippen LogP contribution in [0.1, 0.15) is 29.8 Å². The summed E-state index contributed by atoms with van der Waals surface area (Å²) in [6, 6.07) is 5.87. The number of rotatable bonds is 6. The summed E-state index contributed by atoms with van der Waals surface area (Å²) in [5.74, 6) is 0.520. The fraction of sp³-hybridized carbons (Fsp3) is 0.333. The predicted molar refractivity (Wildman–Crippen MR) is 92.5 cm³/mol. The highest BCUT2D eigenvalue weighted by atomic mass is 16.2. The number of amides is 1. The third kappa shape index (κ3) is 3.11. The van der Waals surface area contributed by atoms with Gasteiger partial charge in [-0.2, -0.15) is 5.26 Å². The highest BCUT2D eigenvalue weighted by Crippen LogP contribution is 2.30. The van der Waals surface area contributed by atoms with Crippen LogP contribution in [0.5, 0.6) is 0 Å². The first-order chi connectivity index (χ1) is 12.3. The zero-order chi connectivity index (χ0) is 17.2. The summed E-state index contributed by atoms with van der Waals surface area (Å²) in [4.78, 5) is 29.3. The van der Waals surface area contributed by atoms with Crippen molar-refractivity contribution in [1.29, 1.82) is 5.26 Å². The molecule has 0 atom stereocenters. The van der Waals surface area contributed by atoms with Crippen molar-refractivity contribution in [3.8, 4) is 17.3 Å². The average molecular weight is 334 g/mol. The Hall–Kier alpha value is -3.14. The molecule has 3 aromatic rings. The van der Waals surface area contributed by atoms with E-state index in [4.69, 9.17) is 5.26 Å². The first-order valence-electron chi connectivity index (χ1n) is 8.39. The maximum absolute atomic E-state index is 12.8. The van der Waals surface area contributed by atoms with Crippen LogP contribution in [0.15, 0.2) is 30.9 Å². The maximum atomic E-state index is 12.8. The minimum absolute atomic E-state index is 0.0623. The number of carbonyl (C=O) groups is 1. The van der Waals surface area contributed by atoms with Gasteiger partial charge in [-0.25, -0.2) is 9.97 Å². The molecule has 0 aliphatic heterocycles. The lowest BCUT2D eigenvalue weighted by Gasteiger charge is -2.20. The van der Waals surface area contributed by atoms with Crippen LogP contribution >= 0.6 is 0 Å². The number of hydrogen-bond acceptors (Lipinski definition) is 4. The maximum Gasteiger partial charge on any atom is 0.270 e. The molecule has 0 saturated heterocycles. The molecule has 0 bridgehead atoms. The highest BCUT2D eigenvalue weighted by molar-refractivity contribution is 5.96. The minimum atomic E-state index is -0.0623. The molecule has 7 nitrogen and oxygen atoms in total. The Morgan fingerprint density at radius 3 is 3.04 bits per heavy atom. The Morgan fingerprint density at radius 1 is 1.36 bits per heavy atom. The van der Waals surface area contributed by atoms with Crippen molar-refractivity contribution in [3.05, 3.63) is 36.5 Å². The van der Waals surface area contributed by atoms with Crippen molar-refractivity contribution in [2.24, 2.45) is 5.92 Å². The molecule has 0 unspecified atom stereocenters. The molecule has 4 rings (SSSR count). The summed E-state index contributed by atoms with van der Waals surface area (Å²) in [5.41, 5.74) is 2.92. The fourth-order valence-electron chi connectivity index (χ4n) is 3.00. The van der Waals surface area contributed by atoms with E-state index < -0.39 is 0 Å². The standard InChI is InChI=1S/C18H18N6O/c19-5-1-7-24(10-12-2-3-12)18(25)15-8-13(9-21-15)16-14-4-6-20-17(14)23-11-22-16/h4,6,8-9,11-12,21H,1-3,7,10H2,(H,20,22,23). The van der Waals surface area contributed by atoms with Gasteiger partial charge in [-0.1, -0.05) is 0 Å². The van der Waals surface area contributed by atoms with Crippen molar-refractivity contribution in [3.63, 3.8) is 0 Å². The SMILES string of the molecule is N#CCCN(CC1CC1)C(=O)c1cc(-c2ncnc3[nH]ccc23)c[nH]1. The zero-order valence-corrected chi connectivity index (χ0v) is 13.7. The van der Waals surface area contributed by atoms with Gasteiger partial charge in [0.05, 0.1) is 18.2 Å². The number of aromatic nitrogens is 4. The summed E-state index contributed by atoms with van der Waals surface area (Å²) in [6.45, 7) is 1.19. The molecule has 3 aromatic heterocycles. The molecule has 25 heavy (non-hydrogen) atoms. The van der Waals surface area contributed by atoms with Crippen LogP contribution < -0.4 is 0 Å². The second-order valence-corrected chi connectivity index (χ2v) is 6.37. The van der Waals surface area contributed by atoms with Crippen molar-refractivity contribution in [2.45, 2.75) is 19.3 Å². The normalized spacial score (nSPS) is 13.7. The lowest BCUT2D eigenvalue weighted by molar-refractivity contribution is 0.0746. The lowest BCUT2D eigenvalue weighted by atomic mass is 10.1. The van der Waals surface area contributed by atoms with Gasteiger partial charge in [0.25, 0.3) is 5.91 Å². The number of fused-ring (bicyclic) bond motifs is 1. The molecule has 0 spiro atoms. The van der Waals surface area contributed by atoms with Gasteiger partial charge in [-0.15, -0.1) is 0 Å². The minimum Gasteiger partial charge on any atom is -0.357 e. The van der Waals surface area contributed by atoms with E-state index in [0.717, 1.165) is 28.8 Å². The van der Waals surface area contributed by atoms with Gasteiger partial charge in [0, 0.05) is 36.4 Å². The molecule has 0 radical (unpaired) electrons. The van der Waals surface area contributed by atoms with Crippen molar-refractivity contribution in [1.82, 2.24) is 24.8 Å². The lowest BCUT2D eigenvalue weighted by Crippen LogP contribution is -2.34. The average Bonchev–Trinajstić information content (AvgIpc) is 3.12. The zero-order valence-electron chi connectivity index (χ0n) is 13.7. The van der Waals surface area contributed by atoms with E-state index in [1.807, 2.05) is 18.3 Å². The molecule has 7 heteroatoms. The molecular formula is C18H18N6O. The first-order valence-corrected chi connectivity index (χ1v) is 8.39. The van der Waals surface area contributed by atoms with E-state index in [9.17, 15) is 4.79 Å². The molecule has 1 saturated carbocycles. The number of nitriles is 1. The van der Waals surface area contributed by atoms with E-state index >= 15 is 0 Å². The Bertz CT molecular complexity index is 946. The van der Waals surface area contributed by atoms with Crippen LogP contribution in [-0.4, -0.2) is 43.8 Å². The molecule has 2 N–H and O–H groups in total. The van der Waals surface area contributed by atoms with Gasteiger partial charge in [0.1, 0.15) is 17.7 Å². The molecule has 1 aliphatic carbocycles. The Balaban J connectivity index is 1.60. The van der Waals surface area contributed by atoms with Crippen molar-refractivity contribution in [2.75, 3.05) is 13.1 Å². The van der Waals surface area contributed by atoms with E-state index in [0.29, 0.717) is 24.6 Å². The molecular weight excluding hydrogens is 316 g/mol. The van der Waals surface area contributed by atoms with Crippen LogP contribution in [0, 0.1) is 17.2 Å². The Kier molecular flexibility index (Phi) is 3.94.